The van der Waals surface area contributed by atoms with Crippen molar-refractivity contribution in [2.75, 3.05) is 31.2 Å². The number of nitriles is 1. The largest absolute Gasteiger partial charge is 0.484 e. The predicted molar refractivity (Wildman–Crippen MR) is 150 cm³/mol. The number of pyridine rings is 1. The van der Waals surface area contributed by atoms with E-state index in [1.165, 1.54) is 30.7 Å². The Bertz CT molecular complexity index is 1630. The summed E-state index contributed by atoms with van der Waals surface area (Å²) in [6.45, 7) is 3.28. The summed E-state index contributed by atoms with van der Waals surface area (Å²) in [6.07, 6.45) is 2.77. The maximum absolute atomic E-state index is 14.4. The van der Waals surface area contributed by atoms with Crippen molar-refractivity contribution < 1.29 is 28.2 Å². The maximum Gasteiger partial charge on any atom is 0.335 e. The number of imidazole rings is 1. The van der Waals surface area contributed by atoms with Crippen LogP contribution in [0.4, 0.5) is 14.6 Å². The van der Waals surface area contributed by atoms with Gasteiger partial charge in [0, 0.05) is 32.7 Å². The van der Waals surface area contributed by atoms with Crippen LogP contribution in [0.2, 0.25) is 0 Å². The van der Waals surface area contributed by atoms with Crippen LogP contribution in [0, 0.1) is 28.9 Å². The summed E-state index contributed by atoms with van der Waals surface area (Å²) in [7, 11) is 0. The number of anilines is 1. The van der Waals surface area contributed by atoms with Crippen molar-refractivity contribution in [1.82, 2.24) is 14.5 Å². The zero-order valence-corrected chi connectivity index (χ0v) is 22.8. The Morgan fingerprint density at radius 2 is 1.93 bits per heavy atom. The van der Waals surface area contributed by atoms with E-state index in [2.05, 4.69) is 9.97 Å². The Morgan fingerprint density at radius 3 is 2.60 bits per heavy atom. The van der Waals surface area contributed by atoms with E-state index in [1.807, 2.05) is 15.5 Å². The molecule has 0 amide bonds. The van der Waals surface area contributed by atoms with Gasteiger partial charge in [0.2, 0.25) is 0 Å². The number of aromatic carboxylic acids is 1. The number of ether oxygens (including phenoxy) is 2. The molecule has 2 aliphatic rings. The molecular weight excluding hydrogens is 546 g/mol. The highest BCUT2D eigenvalue weighted by Gasteiger charge is 2.26. The quantitative estimate of drug-likeness (QED) is 0.315. The zero-order chi connectivity index (χ0) is 29.6. The first-order valence-electron chi connectivity index (χ1n) is 13.6. The fourth-order valence-electron chi connectivity index (χ4n) is 4.86. The number of halogens is 2. The van der Waals surface area contributed by atoms with E-state index in [9.17, 15) is 18.7 Å². The highest BCUT2D eigenvalue weighted by molar-refractivity contribution is 5.92. The average Bonchev–Trinajstić information content (AvgIpc) is 3.55. The van der Waals surface area contributed by atoms with Gasteiger partial charge in [-0.15, -0.1) is 0 Å². The number of fused-ring (bicyclic) bond motifs is 1. The molecule has 2 aromatic carbocycles. The van der Waals surface area contributed by atoms with Crippen LogP contribution < -0.4 is 15.4 Å². The second-order valence-corrected chi connectivity index (χ2v) is 10.1. The molecule has 6 rings (SSSR count). The van der Waals surface area contributed by atoms with E-state index in [0.717, 1.165) is 31.5 Å². The Morgan fingerprint density at radius 1 is 1.14 bits per heavy atom. The van der Waals surface area contributed by atoms with Gasteiger partial charge in [-0.2, -0.15) is 5.26 Å². The SMILES string of the molecule is C1COC1.N#Cc1ccc(OCc2nc(N3CCC(Cc4nc5ccc(C(=O)O)cc5n4CN)C3)ccc2F)c(F)c1. The van der Waals surface area contributed by atoms with E-state index in [0.29, 0.717) is 36.4 Å². The number of hydrogen-bond acceptors (Lipinski definition) is 8. The molecule has 0 bridgehead atoms. The second-order valence-electron chi connectivity index (χ2n) is 10.1. The van der Waals surface area contributed by atoms with Gasteiger partial charge in [-0.25, -0.2) is 23.5 Å². The number of carbonyl (C=O) groups is 1. The van der Waals surface area contributed by atoms with Gasteiger partial charge in [-0.05, 0) is 67.3 Å². The number of nitrogens with two attached hydrogens (primary N) is 1. The van der Waals surface area contributed by atoms with Crippen LogP contribution >= 0.6 is 0 Å². The van der Waals surface area contributed by atoms with Gasteiger partial charge in [-0.1, -0.05) is 0 Å². The Balaban J connectivity index is 0.000000813. The molecule has 2 saturated heterocycles. The van der Waals surface area contributed by atoms with Crippen LogP contribution in [0.5, 0.6) is 5.75 Å². The first kappa shape index (κ1) is 28.9. The fraction of sp³-hybridized carbons (Fsp3) is 0.333. The van der Waals surface area contributed by atoms with Crippen molar-refractivity contribution in [2.24, 2.45) is 11.7 Å². The fourth-order valence-corrected chi connectivity index (χ4v) is 4.86. The summed E-state index contributed by atoms with van der Waals surface area (Å²) >= 11 is 0. The molecule has 0 spiro atoms. The number of carboxylic acid groups (broad SMARTS) is 1. The number of carboxylic acids is 1. The number of rotatable bonds is 8. The van der Waals surface area contributed by atoms with Crippen LogP contribution in [0.15, 0.2) is 48.5 Å². The highest BCUT2D eigenvalue weighted by atomic mass is 19.1. The topological polar surface area (TPSA) is 140 Å². The molecule has 10 nitrogen and oxygen atoms in total. The van der Waals surface area contributed by atoms with Crippen LogP contribution in [0.3, 0.4) is 0 Å². The molecule has 4 aromatic rings. The minimum Gasteiger partial charge on any atom is -0.484 e. The first-order chi connectivity index (χ1) is 20.4. The lowest BCUT2D eigenvalue weighted by molar-refractivity contribution is 0.0367. The maximum atomic E-state index is 14.4. The molecule has 12 heteroatoms. The van der Waals surface area contributed by atoms with Crippen LogP contribution in [0.1, 0.15) is 40.3 Å². The number of hydrogen-bond donors (Lipinski definition) is 2. The van der Waals surface area contributed by atoms with Gasteiger partial charge in [-0.3, -0.25) is 0 Å². The van der Waals surface area contributed by atoms with E-state index >= 15 is 0 Å². The van der Waals surface area contributed by atoms with Crippen LogP contribution in [-0.2, 0) is 24.4 Å². The number of aromatic nitrogens is 3. The van der Waals surface area contributed by atoms with E-state index in [-0.39, 0.29) is 41.8 Å². The molecule has 0 saturated carbocycles. The molecular formula is C30H30F2N6O4. The van der Waals surface area contributed by atoms with Gasteiger partial charge in [0.1, 0.15) is 29.8 Å². The summed E-state index contributed by atoms with van der Waals surface area (Å²) < 4.78 is 40.6. The summed E-state index contributed by atoms with van der Waals surface area (Å²) in [5.74, 6) is -0.760. The van der Waals surface area contributed by atoms with Crippen LogP contribution in [-0.4, -0.2) is 51.9 Å². The molecule has 1 unspecified atom stereocenters. The molecule has 2 aromatic heterocycles. The third-order valence-electron chi connectivity index (χ3n) is 7.24. The third kappa shape index (κ3) is 6.48. The summed E-state index contributed by atoms with van der Waals surface area (Å²) in [4.78, 5) is 22.5. The number of benzene rings is 2. The van der Waals surface area contributed by atoms with Gasteiger partial charge < -0.3 is 29.8 Å². The molecule has 1 atom stereocenters. The second kappa shape index (κ2) is 12.9. The lowest BCUT2D eigenvalue weighted by Gasteiger charge is -2.19. The highest BCUT2D eigenvalue weighted by Crippen LogP contribution is 2.28. The molecule has 2 fully saturated rings. The van der Waals surface area contributed by atoms with E-state index in [4.69, 9.17) is 20.5 Å². The van der Waals surface area contributed by atoms with Gasteiger partial charge in [0.05, 0.1) is 34.9 Å². The monoisotopic (exact) mass is 576 g/mol. The third-order valence-corrected chi connectivity index (χ3v) is 7.24. The number of nitrogens with zero attached hydrogens (tertiary/aromatic N) is 5. The Labute approximate surface area is 240 Å². The molecule has 3 N–H and O–H groups in total. The summed E-state index contributed by atoms with van der Waals surface area (Å²) in [5, 5.41) is 18.2. The Kier molecular flexibility index (Phi) is 8.90. The van der Waals surface area contributed by atoms with E-state index < -0.39 is 17.6 Å². The lowest BCUT2D eigenvalue weighted by atomic mass is 10.0. The van der Waals surface area contributed by atoms with Gasteiger partial charge >= 0.3 is 5.97 Å². The predicted octanol–water partition coefficient (Wildman–Crippen LogP) is 4.25. The normalized spacial score (nSPS) is 16.0. The molecule has 0 radical (unpaired) electrons. The summed E-state index contributed by atoms with van der Waals surface area (Å²) in [5.41, 5.74) is 7.73. The summed E-state index contributed by atoms with van der Waals surface area (Å²) in [6, 6.07) is 13.4. The van der Waals surface area contributed by atoms with Crippen LogP contribution in [0.25, 0.3) is 11.0 Å². The van der Waals surface area contributed by atoms with Gasteiger partial charge in [0.25, 0.3) is 0 Å². The zero-order valence-electron chi connectivity index (χ0n) is 22.8. The smallest absolute Gasteiger partial charge is 0.335 e. The standard InChI is InChI=1S/C27H24F2N6O3.C3H6O/c28-19-3-6-25(33-22(19)14-38-24-5-1-16(12-30)9-20(24)29)34-8-7-17(13-34)10-26-32-21-4-2-18(27(36)37)11-23(21)35(26)15-31;1-2-4-3-1/h1-6,9,11,17H,7-8,10,13-15,31H2,(H,36,37);1-3H2. The van der Waals surface area contributed by atoms with Crippen molar-refractivity contribution in [1.29, 1.82) is 5.26 Å². The lowest BCUT2D eigenvalue weighted by Crippen LogP contribution is -2.23. The van der Waals surface area contributed by atoms with Crippen molar-refractivity contribution in [2.45, 2.75) is 32.5 Å². The minimum atomic E-state index is -1.01. The molecule has 42 heavy (non-hydrogen) atoms. The average molecular weight is 577 g/mol. The molecule has 0 aliphatic carbocycles. The van der Waals surface area contributed by atoms with Gasteiger partial charge in [0.15, 0.2) is 11.6 Å². The molecule has 218 valence electrons. The van der Waals surface area contributed by atoms with Crippen molar-refractivity contribution in [3.63, 3.8) is 0 Å². The van der Waals surface area contributed by atoms with Crippen molar-refractivity contribution in [3.05, 3.63) is 82.8 Å². The van der Waals surface area contributed by atoms with Crippen molar-refractivity contribution >= 4 is 22.8 Å². The van der Waals surface area contributed by atoms with Crippen molar-refractivity contribution in [3.8, 4) is 11.8 Å². The first-order valence-corrected chi connectivity index (χ1v) is 13.6. The Hall–Kier alpha value is -4.60. The minimum absolute atomic E-state index is 0.0499. The van der Waals surface area contributed by atoms with E-state index in [1.54, 1.807) is 18.2 Å². The molecule has 4 heterocycles. The molecule has 2 aliphatic heterocycles.